The minimum Gasteiger partial charge on any atom is -0.495 e. The number of anilines is 2. The number of pyridine rings is 1. The molecule has 4 heterocycles. The van der Waals surface area contributed by atoms with Gasteiger partial charge in [0.05, 0.1) is 35.9 Å². The molecule has 1 fully saturated rings. The molecular formula is C26H27ClN6O2. The molecule has 0 spiro atoms. The van der Waals surface area contributed by atoms with Gasteiger partial charge < -0.3 is 15.0 Å². The molecule has 9 heteroatoms. The Morgan fingerprint density at radius 2 is 2.06 bits per heavy atom. The Bertz CT molecular complexity index is 1390. The number of carbonyl (C=O) groups is 1. The SMILES string of the molecule is COc1cc(C2CCN(C(C)=O)C(C)C2)ccc1Nc1ncc(Cl)c(-c2cnc3ccccn23)n1. The summed E-state index contributed by atoms with van der Waals surface area (Å²) < 4.78 is 7.63. The number of likely N-dealkylation sites (tertiary alicyclic amines) is 1. The van der Waals surface area contributed by atoms with Crippen LogP contribution < -0.4 is 10.1 Å². The fourth-order valence-electron chi connectivity index (χ4n) is 4.84. The molecule has 2 atom stereocenters. The van der Waals surface area contributed by atoms with Crippen LogP contribution in [0.15, 0.2) is 55.0 Å². The van der Waals surface area contributed by atoms with Gasteiger partial charge in [0.2, 0.25) is 11.9 Å². The van der Waals surface area contributed by atoms with Crippen molar-refractivity contribution in [2.75, 3.05) is 19.0 Å². The number of piperidine rings is 1. The molecule has 0 saturated carbocycles. The molecule has 1 N–H and O–H groups in total. The summed E-state index contributed by atoms with van der Waals surface area (Å²) in [6.07, 6.45) is 7.12. The second-order valence-corrected chi connectivity index (χ2v) is 9.24. The van der Waals surface area contributed by atoms with Crippen molar-refractivity contribution in [2.24, 2.45) is 0 Å². The Hall–Kier alpha value is -3.65. The highest BCUT2D eigenvalue weighted by Crippen LogP contribution is 2.37. The maximum Gasteiger partial charge on any atom is 0.227 e. The van der Waals surface area contributed by atoms with E-state index in [1.165, 1.54) is 5.56 Å². The van der Waals surface area contributed by atoms with Crippen molar-refractivity contribution in [1.82, 2.24) is 24.3 Å². The van der Waals surface area contributed by atoms with E-state index < -0.39 is 0 Å². The normalized spacial score (nSPS) is 18.0. The van der Waals surface area contributed by atoms with E-state index in [2.05, 4.69) is 39.3 Å². The number of carbonyl (C=O) groups excluding carboxylic acids is 1. The number of benzene rings is 1. The van der Waals surface area contributed by atoms with Gasteiger partial charge in [-0.25, -0.2) is 15.0 Å². The van der Waals surface area contributed by atoms with Crippen molar-refractivity contribution in [2.45, 2.75) is 38.6 Å². The van der Waals surface area contributed by atoms with Crippen LogP contribution in [0.4, 0.5) is 11.6 Å². The van der Waals surface area contributed by atoms with E-state index in [0.29, 0.717) is 28.3 Å². The summed E-state index contributed by atoms with van der Waals surface area (Å²) in [6, 6.07) is 12.2. The number of ether oxygens (including phenoxy) is 1. The van der Waals surface area contributed by atoms with Gasteiger partial charge >= 0.3 is 0 Å². The van der Waals surface area contributed by atoms with Crippen LogP contribution in [0.2, 0.25) is 5.02 Å². The summed E-state index contributed by atoms with van der Waals surface area (Å²) in [5, 5.41) is 3.71. The number of halogens is 1. The molecule has 0 aliphatic carbocycles. The maximum atomic E-state index is 11.8. The Kier molecular flexibility index (Phi) is 6.30. The predicted molar refractivity (Wildman–Crippen MR) is 136 cm³/mol. The van der Waals surface area contributed by atoms with Crippen molar-refractivity contribution < 1.29 is 9.53 Å². The number of nitrogens with zero attached hydrogens (tertiary/aromatic N) is 5. The fraction of sp³-hybridized carbons (Fsp3) is 0.308. The van der Waals surface area contributed by atoms with E-state index in [4.69, 9.17) is 16.3 Å². The molecule has 1 saturated heterocycles. The molecule has 4 aromatic rings. The molecule has 1 aliphatic heterocycles. The van der Waals surface area contributed by atoms with Crippen LogP contribution >= 0.6 is 11.6 Å². The van der Waals surface area contributed by atoms with Gasteiger partial charge in [-0.2, -0.15) is 0 Å². The summed E-state index contributed by atoms with van der Waals surface area (Å²) in [5.41, 5.74) is 4.14. The first-order chi connectivity index (χ1) is 16.9. The zero-order valence-electron chi connectivity index (χ0n) is 19.9. The lowest BCUT2D eigenvalue weighted by molar-refractivity contribution is -0.132. The minimum atomic E-state index is 0.138. The summed E-state index contributed by atoms with van der Waals surface area (Å²) in [6.45, 7) is 4.52. The molecule has 35 heavy (non-hydrogen) atoms. The number of methoxy groups -OCH3 is 1. The summed E-state index contributed by atoms with van der Waals surface area (Å²) in [7, 11) is 1.65. The molecule has 180 valence electrons. The summed E-state index contributed by atoms with van der Waals surface area (Å²) in [4.78, 5) is 27.3. The molecule has 1 aliphatic rings. The second-order valence-electron chi connectivity index (χ2n) is 8.83. The van der Waals surface area contributed by atoms with Crippen LogP contribution in [0.1, 0.15) is 38.2 Å². The first-order valence-electron chi connectivity index (χ1n) is 11.6. The highest BCUT2D eigenvalue weighted by Gasteiger charge is 2.28. The van der Waals surface area contributed by atoms with Gasteiger partial charge in [-0.3, -0.25) is 9.20 Å². The second kappa shape index (κ2) is 9.54. The predicted octanol–water partition coefficient (Wildman–Crippen LogP) is 5.31. The van der Waals surface area contributed by atoms with Gasteiger partial charge in [-0.15, -0.1) is 0 Å². The Balaban J connectivity index is 1.40. The third-order valence-electron chi connectivity index (χ3n) is 6.63. The van der Waals surface area contributed by atoms with Crippen LogP contribution in [0.3, 0.4) is 0 Å². The standard InChI is InChI=1S/C26H27ClN6O2/c1-16-12-19(9-11-32(16)17(2)34)18-7-8-21(23(13-18)35-3)30-26-29-14-20(27)25(31-26)22-15-28-24-6-4-5-10-33(22)24/h4-8,10,13-16,19H,9,11-12H2,1-3H3,(H,29,30,31). The molecule has 1 amide bonds. The Morgan fingerprint density at radius 1 is 1.20 bits per heavy atom. The van der Waals surface area contributed by atoms with Crippen molar-refractivity contribution in [1.29, 1.82) is 0 Å². The lowest BCUT2D eigenvalue weighted by atomic mass is 9.85. The maximum absolute atomic E-state index is 11.8. The molecule has 2 unspecified atom stereocenters. The molecule has 1 aromatic carbocycles. The fourth-order valence-corrected chi connectivity index (χ4v) is 5.03. The van der Waals surface area contributed by atoms with E-state index in [9.17, 15) is 4.79 Å². The average molecular weight is 491 g/mol. The van der Waals surface area contributed by atoms with E-state index in [1.807, 2.05) is 39.8 Å². The van der Waals surface area contributed by atoms with Crippen LogP contribution in [-0.2, 0) is 4.79 Å². The van der Waals surface area contributed by atoms with Gasteiger partial charge in [0.1, 0.15) is 17.1 Å². The Labute approximate surface area is 208 Å². The number of hydrogen-bond acceptors (Lipinski definition) is 6. The van der Waals surface area contributed by atoms with Gasteiger partial charge in [0.25, 0.3) is 0 Å². The van der Waals surface area contributed by atoms with Crippen LogP contribution in [0, 0.1) is 0 Å². The van der Waals surface area contributed by atoms with Crippen LogP contribution in [-0.4, -0.2) is 49.9 Å². The van der Waals surface area contributed by atoms with Gasteiger partial charge in [0.15, 0.2) is 0 Å². The quantitative estimate of drug-likeness (QED) is 0.408. The third-order valence-corrected chi connectivity index (χ3v) is 6.90. The first kappa shape index (κ1) is 23.1. The minimum absolute atomic E-state index is 0.138. The summed E-state index contributed by atoms with van der Waals surface area (Å²) in [5.74, 6) is 1.63. The topological polar surface area (TPSA) is 84.6 Å². The number of hydrogen-bond donors (Lipinski definition) is 1. The zero-order chi connectivity index (χ0) is 24.5. The van der Waals surface area contributed by atoms with Crippen molar-refractivity contribution in [3.63, 3.8) is 0 Å². The zero-order valence-corrected chi connectivity index (χ0v) is 20.7. The third kappa shape index (κ3) is 4.53. The average Bonchev–Trinajstić information content (AvgIpc) is 3.29. The van der Waals surface area contributed by atoms with E-state index >= 15 is 0 Å². The van der Waals surface area contributed by atoms with Gasteiger partial charge in [-0.05, 0) is 55.5 Å². The monoisotopic (exact) mass is 490 g/mol. The van der Waals surface area contributed by atoms with Crippen molar-refractivity contribution in [3.05, 3.63) is 65.6 Å². The highest BCUT2D eigenvalue weighted by atomic mass is 35.5. The number of amides is 1. The van der Waals surface area contributed by atoms with E-state index in [0.717, 1.165) is 36.4 Å². The van der Waals surface area contributed by atoms with Gasteiger partial charge in [-0.1, -0.05) is 23.7 Å². The van der Waals surface area contributed by atoms with E-state index in [1.54, 1.807) is 26.4 Å². The highest BCUT2D eigenvalue weighted by molar-refractivity contribution is 6.32. The first-order valence-corrected chi connectivity index (χ1v) is 12.0. The van der Waals surface area contributed by atoms with Crippen LogP contribution in [0.5, 0.6) is 5.75 Å². The van der Waals surface area contributed by atoms with Gasteiger partial charge in [0, 0.05) is 25.7 Å². The number of aromatic nitrogens is 4. The molecule has 0 bridgehead atoms. The Morgan fingerprint density at radius 3 is 2.83 bits per heavy atom. The molecule has 0 radical (unpaired) electrons. The lowest BCUT2D eigenvalue weighted by Crippen LogP contribution is -2.42. The number of imidazole rings is 1. The lowest BCUT2D eigenvalue weighted by Gasteiger charge is -2.37. The molecular weight excluding hydrogens is 464 g/mol. The van der Waals surface area contributed by atoms with Crippen LogP contribution in [0.25, 0.3) is 17.0 Å². The number of rotatable bonds is 5. The smallest absolute Gasteiger partial charge is 0.227 e. The summed E-state index contributed by atoms with van der Waals surface area (Å²) >= 11 is 6.45. The van der Waals surface area contributed by atoms with E-state index in [-0.39, 0.29) is 11.9 Å². The number of nitrogens with one attached hydrogen (secondary N) is 1. The number of fused-ring (bicyclic) bond motifs is 1. The van der Waals surface area contributed by atoms with Crippen molar-refractivity contribution in [3.8, 4) is 17.1 Å². The molecule has 8 nitrogen and oxygen atoms in total. The van der Waals surface area contributed by atoms with Crippen molar-refractivity contribution >= 4 is 34.8 Å². The molecule has 3 aromatic heterocycles. The largest absolute Gasteiger partial charge is 0.495 e. The molecule has 5 rings (SSSR count).